The van der Waals surface area contributed by atoms with Crippen LogP contribution in [0, 0.1) is 30.6 Å². The summed E-state index contributed by atoms with van der Waals surface area (Å²) < 4.78 is 5.75. The summed E-state index contributed by atoms with van der Waals surface area (Å²) in [6, 6.07) is 6.40. The molecule has 39 heavy (non-hydrogen) atoms. The Bertz CT molecular complexity index is 1360. The largest absolute Gasteiger partial charge is 0.476 e. The zero-order chi connectivity index (χ0) is 27.7. The van der Waals surface area contributed by atoms with Gasteiger partial charge in [-0.1, -0.05) is 38.5 Å². The molecule has 0 radical (unpaired) electrons. The van der Waals surface area contributed by atoms with Crippen molar-refractivity contribution < 1.29 is 23.9 Å². The molecule has 2 aliphatic carbocycles. The van der Waals surface area contributed by atoms with E-state index in [9.17, 15) is 19.5 Å². The minimum absolute atomic E-state index is 0.0818. The lowest BCUT2D eigenvalue weighted by atomic mass is 9.86. The number of benzene rings is 1. The minimum Gasteiger partial charge on any atom is -0.476 e. The summed E-state index contributed by atoms with van der Waals surface area (Å²) in [4.78, 5) is 45.8. The maximum absolute atomic E-state index is 13.7. The first-order valence-corrected chi connectivity index (χ1v) is 14.0. The van der Waals surface area contributed by atoms with Crippen molar-refractivity contribution in [3.8, 4) is 0 Å². The Hall–Kier alpha value is -3.62. The van der Waals surface area contributed by atoms with Crippen LogP contribution in [0.4, 0.5) is 0 Å². The number of carbonyl (C=O) groups excluding carboxylic acids is 2. The monoisotopic (exact) mass is 534 g/mol. The Morgan fingerprint density at radius 3 is 2.62 bits per heavy atom. The molecule has 2 saturated carbocycles. The second-order valence-electron chi connectivity index (χ2n) is 11.8. The van der Waals surface area contributed by atoms with Crippen LogP contribution < -0.4 is 10.6 Å². The number of rotatable bonds is 11. The van der Waals surface area contributed by atoms with Crippen molar-refractivity contribution in [1.82, 2.24) is 20.6 Å². The molecule has 9 heteroatoms. The maximum Gasteiger partial charge on any atom is 0.358 e. The van der Waals surface area contributed by atoms with E-state index in [1.807, 2.05) is 44.3 Å². The second-order valence-corrected chi connectivity index (χ2v) is 11.8. The Morgan fingerprint density at radius 2 is 1.95 bits per heavy atom. The zero-order valence-electron chi connectivity index (χ0n) is 22.8. The van der Waals surface area contributed by atoms with Gasteiger partial charge in [0.1, 0.15) is 17.8 Å². The van der Waals surface area contributed by atoms with E-state index in [1.165, 1.54) is 19.3 Å². The predicted octanol–water partition coefficient (Wildman–Crippen LogP) is 4.92. The van der Waals surface area contributed by atoms with Gasteiger partial charge in [0.25, 0.3) is 0 Å². The Morgan fingerprint density at radius 1 is 1.15 bits per heavy atom. The number of nitrogens with zero attached hydrogens (tertiary/aromatic N) is 1. The van der Waals surface area contributed by atoms with Crippen molar-refractivity contribution >= 4 is 28.7 Å². The van der Waals surface area contributed by atoms with E-state index in [0.29, 0.717) is 31.1 Å². The van der Waals surface area contributed by atoms with Crippen LogP contribution in [-0.2, 0) is 16.0 Å². The summed E-state index contributed by atoms with van der Waals surface area (Å²) >= 11 is 0. The molecular weight excluding hydrogens is 496 g/mol. The van der Waals surface area contributed by atoms with E-state index >= 15 is 0 Å². The lowest BCUT2D eigenvalue weighted by molar-refractivity contribution is -0.130. The van der Waals surface area contributed by atoms with Gasteiger partial charge in [-0.3, -0.25) is 9.59 Å². The number of hydrogen-bond acceptors (Lipinski definition) is 5. The minimum atomic E-state index is -1.19. The van der Waals surface area contributed by atoms with Crippen molar-refractivity contribution in [2.75, 3.05) is 0 Å². The van der Waals surface area contributed by atoms with Crippen molar-refractivity contribution in [3.63, 3.8) is 0 Å². The molecule has 3 unspecified atom stereocenters. The smallest absolute Gasteiger partial charge is 0.358 e. The van der Waals surface area contributed by atoms with E-state index < -0.39 is 18.1 Å². The Balaban J connectivity index is 1.35. The third kappa shape index (κ3) is 6.02. The average molecular weight is 535 g/mol. The van der Waals surface area contributed by atoms with Crippen molar-refractivity contribution in [1.29, 1.82) is 0 Å². The standard InChI is InChI=1S/C30H38N4O5/c1-16(2)10-24(32-26(35)14-20-12-18-8-9-19(20)11-18)28(36)33-25(29-34-27(30(37)38)17(3)39-29)13-21-15-31-23-7-5-4-6-22(21)23/h4-7,15-16,18-20,24-25,31H,8-14H2,1-3H3,(H,32,35)(H,33,36)(H,37,38)/t18?,19?,20?,24-,25+/m0/s1. The molecule has 5 atom stereocenters. The number of aromatic carboxylic acids is 1. The fourth-order valence-corrected chi connectivity index (χ4v) is 6.58. The number of para-hydroxylation sites is 1. The number of amides is 2. The third-order valence-electron chi connectivity index (χ3n) is 8.42. The molecule has 5 rings (SSSR count). The SMILES string of the molecule is Cc1oc([C@@H](Cc2c[nH]c3ccccc23)NC(=O)[C@H](CC(C)C)NC(=O)CC2CC3CCC2C3)nc1C(=O)O. The molecule has 0 saturated heterocycles. The van der Waals surface area contributed by atoms with Gasteiger partial charge in [-0.25, -0.2) is 9.78 Å². The van der Waals surface area contributed by atoms with Gasteiger partial charge >= 0.3 is 5.97 Å². The van der Waals surface area contributed by atoms with E-state index in [1.54, 1.807) is 6.92 Å². The fourth-order valence-electron chi connectivity index (χ4n) is 6.58. The lowest BCUT2D eigenvalue weighted by Crippen LogP contribution is -2.49. The molecular formula is C30H38N4O5. The molecule has 2 aliphatic rings. The zero-order valence-corrected chi connectivity index (χ0v) is 22.8. The van der Waals surface area contributed by atoms with Crippen LogP contribution in [0.25, 0.3) is 10.9 Å². The van der Waals surface area contributed by atoms with Gasteiger partial charge in [-0.15, -0.1) is 0 Å². The molecule has 2 fully saturated rings. The number of H-pyrrole nitrogens is 1. The van der Waals surface area contributed by atoms with E-state index in [4.69, 9.17) is 4.42 Å². The van der Waals surface area contributed by atoms with Gasteiger partial charge in [-0.05, 0) is 67.9 Å². The number of aryl methyl sites for hydroxylation is 1. The van der Waals surface area contributed by atoms with Gasteiger partial charge in [0.2, 0.25) is 17.7 Å². The number of carboxylic acids is 1. The second kappa shape index (κ2) is 11.2. The highest BCUT2D eigenvalue weighted by Crippen LogP contribution is 2.49. The molecule has 2 aromatic heterocycles. The number of carboxylic acid groups (broad SMARTS) is 1. The molecule has 2 heterocycles. The Labute approximate surface area is 228 Å². The number of carbonyl (C=O) groups is 3. The summed E-state index contributed by atoms with van der Waals surface area (Å²) in [6.45, 7) is 5.58. The first kappa shape index (κ1) is 27.0. The normalized spacial score (nSPS) is 21.8. The highest BCUT2D eigenvalue weighted by molar-refractivity contribution is 5.88. The van der Waals surface area contributed by atoms with Crippen LogP contribution in [0.1, 0.15) is 86.1 Å². The van der Waals surface area contributed by atoms with Crippen molar-refractivity contribution in [3.05, 3.63) is 53.4 Å². The van der Waals surface area contributed by atoms with Gasteiger partial charge in [0, 0.05) is 29.9 Å². The highest BCUT2D eigenvalue weighted by atomic mass is 16.4. The summed E-state index contributed by atoms with van der Waals surface area (Å²) in [5.74, 6) is 0.676. The van der Waals surface area contributed by atoms with Gasteiger partial charge in [0.05, 0.1) is 0 Å². The first-order valence-electron chi connectivity index (χ1n) is 14.0. The molecule has 208 valence electrons. The topological polar surface area (TPSA) is 137 Å². The number of oxazole rings is 1. The quantitative estimate of drug-likeness (QED) is 0.276. The molecule has 3 aromatic rings. The first-order chi connectivity index (χ1) is 18.7. The van der Waals surface area contributed by atoms with Crippen molar-refractivity contribution in [2.45, 2.75) is 77.8 Å². The van der Waals surface area contributed by atoms with Crippen LogP contribution in [0.2, 0.25) is 0 Å². The summed E-state index contributed by atoms with van der Waals surface area (Å²) in [5, 5.41) is 16.6. The van der Waals surface area contributed by atoms with Crippen LogP contribution in [0.5, 0.6) is 0 Å². The Kier molecular flexibility index (Phi) is 7.77. The van der Waals surface area contributed by atoms with Crippen LogP contribution >= 0.6 is 0 Å². The van der Waals surface area contributed by atoms with Crippen molar-refractivity contribution in [2.24, 2.45) is 23.7 Å². The van der Waals surface area contributed by atoms with Crippen LogP contribution in [0.15, 0.2) is 34.9 Å². The van der Waals surface area contributed by atoms with E-state index in [2.05, 4.69) is 20.6 Å². The highest BCUT2D eigenvalue weighted by Gasteiger charge is 2.40. The van der Waals surface area contributed by atoms with E-state index in [0.717, 1.165) is 28.8 Å². The van der Waals surface area contributed by atoms with Gasteiger partial charge < -0.3 is 25.1 Å². The third-order valence-corrected chi connectivity index (χ3v) is 8.42. The molecule has 9 nitrogen and oxygen atoms in total. The summed E-state index contributed by atoms with van der Waals surface area (Å²) in [7, 11) is 0. The number of hydrogen-bond donors (Lipinski definition) is 4. The molecule has 1 aromatic carbocycles. The van der Waals surface area contributed by atoms with Gasteiger partial charge in [-0.2, -0.15) is 0 Å². The number of nitrogens with one attached hydrogen (secondary N) is 3. The molecule has 0 aliphatic heterocycles. The fraction of sp³-hybridized carbons (Fsp3) is 0.533. The summed E-state index contributed by atoms with van der Waals surface area (Å²) in [5.41, 5.74) is 1.71. The number of fused-ring (bicyclic) bond motifs is 3. The average Bonchev–Trinajstić information content (AvgIpc) is 3.67. The lowest BCUT2D eigenvalue weighted by Gasteiger charge is -2.25. The predicted molar refractivity (Wildman–Crippen MR) is 146 cm³/mol. The van der Waals surface area contributed by atoms with Gasteiger partial charge in [0.15, 0.2) is 5.69 Å². The number of aromatic nitrogens is 2. The molecule has 0 spiro atoms. The molecule has 2 bridgehead atoms. The molecule has 4 N–H and O–H groups in total. The number of aromatic amines is 1. The molecule has 2 amide bonds. The summed E-state index contributed by atoms with van der Waals surface area (Å²) in [6.07, 6.45) is 7.99. The van der Waals surface area contributed by atoms with Crippen LogP contribution in [-0.4, -0.2) is 38.9 Å². The van der Waals surface area contributed by atoms with E-state index in [-0.39, 0.29) is 35.1 Å². The maximum atomic E-state index is 13.7. The van der Waals surface area contributed by atoms with Crippen LogP contribution in [0.3, 0.4) is 0 Å².